The van der Waals surface area contributed by atoms with Gasteiger partial charge >= 0.3 is 0 Å². The Morgan fingerprint density at radius 2 is 1.67 bits per heavy atom. The van der Waals surface area contributed by atoms with Crippen LogP contribution in [-0.2, 0) is 9.59 Å². The van der Waals surface area contributed by atoms with Crippen LogP contribution >= 0.6 is 11.8 Å². The first-order chi connectivity index (χ1) is 17.6. The van der Waals surface area contributed by atoms with E-state index in [-0.39, 0.29) is 11.8 Å². The third-order valence-corrected chi connectivity index (χ3v) is 6.98. The van der Waals surface area contributed by atoms with E-state index in [1.165, 1.54) is 17.3 Å². The van der Waals surface area contributed by atoms with Gasteiger partial charge in [0.25, 0.3) is 0 Å². The fourth-order valence-electron chi connectivity index (χ4n) is 4.17. The van der Waals surface area contributed by atoms with Crippen LogP contribution in [0.4, 0.5) is 11.4 Å². The SMILES string of the molecule is Cc1ccc(-n2c(SCCC(=O)Nc3ccc(N4CCCC4=O)cc3)nnc2-c2ccccc2)cc1. The molecule has 3 aromatic carbocycles. The van der Waals surface area contributed by atoms with Crippen LogP contribution in [0.25, 0.3) is 17.1 Å². The van der Waals surface area contributed by atoms with Crippen molar-refractivity contribution >= 4 is 35.0 Å². The van der Waals surface area contributed by atoms with Crippen LogP contribution in [0, 0.1) is 6.92 Å². The molecule has 36 heavy (non-hydrogen) atoms. The van der Waals surface area contributed by atoms with Crippen LogP contribution in [0.1, 0.15) is 24.8 Å². The summed E-state index contributed by atoms with van der Waals surface area (Å²) >= 11 is 1.50. The van der Waals surface area contributed by atoms with Crippen molar-refractivity contribution in [3.05, 3.63) is 84.4 Å². The van der Waals surface area contributed by atoms with Gasteiger partial charge in [0.2, 0.25) is 11.8 Å². The summed E-state index contributed by atoms with van der Waals surface area (Å²) < 4.78 is 2.04. The molecule has 182 valence electrons. The highest BCUT2D eigenvalue weighted by atomic mass is 32.2. The monoisotopic (exact) mass is 497 g/mol. The molecule has 1 aliphatic rings. The molecule has 0 saturated carbocycles. The first kappa shape index (κ1) is 23.8. The zero-order chi connectivity index (χ0) is 24.9. The van der Waals surface area contributed by atoms with Crippen molar-refractivity contribution < 1.29 is 9.59 Å². The Hall–Kier alpha value is -3.91. The minimum atomic E-state index is -0.0721. The van der Waals surface area contributed by atoms with Gasteiger partial charge in [-0.2, -0.15) is 0 Å². The van der Waals surface area contributed by atoms with Gasteiger partial charge in [0.05, 0.1) is 0 Å². The zero-order valence-corrected chi connectivity index (χ0v) is 20.9. The molecule has 7 nitrogen and oxygen atoms in total. The van der Waals surface area contributed by atoms with Gasteiger partial charge in [-0.25, -0.2) is 0 Å². The number of nitrogens with zero attached hydrogens (tertiary/aromatic N) is 4. The number of anilines is 2. The Bertz CT molecular complexity index is 1350. The van der Waals surface area contributed by atoms with Gasteiger partial charge in [-0.05, 0) is 49.7 Å². The van der Waals surface area contributed by atoms with E-state index in [0.29, 0.717) is 18.6 Å². The van der Waals surface area contributed by atoms with Crippen LogP contribution in [0.15, 0.2) is 84.0 Å². The Morgan fingerprint density at radius 3 is 2.36 bits per heavy atom. The summed E-state index contributed by atoms with van der Waals surface area (Å²) in [5.74, 6) is 1.41. The van der Waals surface area contributed by atoms with Crippen LogP contribution in [0.2, 0.25) is 0 Å². The van der Waals surface area contributed by atoms with E-state index < -0.39 is 0 Å². The Balaban J connectivity index is 1.24. The number of carbonyl (C=O) groups excluding carboxylic acids is 2. The summed E-state index contributed by atoms with van der Waals surface area (Å²) in [5.41, 5.74) is 4.73. The van der Waals surface area contributed by atoms with Crippen molar-refractivity contribution in [1.29, 1.82) is 0 Å². The average Bonchev–Trinajstić information content (AvgIpc) is 3.52. The van der Waals surface area contributed by atoms with Crippen LogP contribution < -0.4 is 10.2 Å². The number of aromatic nitrogens is 3. The lowest BCUT2D eigenvalue weighted by Crippen LogP contribution is -2.23. The number of thioether (sulfide) groups is 1. The maximum atomic E-state index is 12.6. The van der Waals surface area contributed by atoms with Gasteiger partial charge in [-0.15, -0.1) is 10.2 Å². The van der Waals surface area contributed by atoms with E-state index >= 15 is 0 Å². The summed E-state index contributed by atoms with van der Waals surface area (Å²) in [6, 6.07) is 25.7. The highest BCUT2D eigenvalue weighted by molar-refractivity contribution is 7.99. The molecule has 5 rings (SSSR count). The summed E-state index contributed by atoms with van der Waals surface area (Å²) in [7, 11) is 0. The third kappa shape index (κ3) is 5.33. The Kier molecular flexibility index (Phi) is 7.13. The van der Waals surface area contributed by atoms with E-state index in [4.69, 9.17) is 0 Å². The zero-order valence-electron chi connectivity index (χ0n) is 20.1. The molecule has 0 aliphatic carbocycles. The molecule has 2 amide bonds. The molecular weight excluding hydrogens is 470 g/mol. The first-order valence-corrected chi connectivity index (χ1v) is 13.0. The molecule has 8 heteroatoms. The molecule has 1 N–H and O–H groups in total. The Labute approximate surface area is 214 Å². The largest absolute Gasteiger partial charge is 0.326 e. The smallest absolute Gasteiger partial charge is 0.227 e. The van der Waals surface area contributed by atoms with Crippen molar-refractivity contribution in [1.82, 2.24) is 14.8 Å². The minimum absolute atomic E-state index is 0.0721. The molecule has 0 radical (unpaired) electrons. The van der Waals surface area contributed by atoms with E-state index in [1.807, 2.05) is 59.2 Å². The molecule has 2 heterocycles. The van der Waals surface area contributed by atoms with Crippen molar-refractivity contribution in [3.8, 4) is 17.1 Å². The molecular formula is C28H27N5O2S. The highest BCUT2D eigenvalue weighted by Crippen LogP contribution is 2.29. The molecule has 4 aromatic rings. The molecule has 0 spiro atoms. The van der Waals surface area contributed by atoms with E-state index in [0.717, 1.165) is 46.6 Å². The van der Waals surface area contributed by atoms with E-state index in [9.17, 15) is 9.59 Å². The van der Waals surface area contributed by atoms with Gasteiger partial charge in [0.1, 0.15) is 0 Å². The second-order valence-corrected chi connectivity index (χ2v) is 9.75. The van der Waals surface area contributed by atoms with Crippen LogP contribution in [-0.4, -0.2) is 38.9 Å². The van der Waals surface area contributed by atoms with Gasteiger partial charge < -0.3 is 10.2 Å². The number of hydrogen-bond acceptors (Lipinski definition) is 5. The number of rotatable bonds is 8. The summed E-state index contributed by atoms with van der Waals surface area (Å²) in [6.07, 6.45) is 1.82. The molecule has 1 fully saturated rings. The lowest BCUT2D eigenvalue weighted by Gasteiger charge is -2.16. The molecule has 1 saturated heterocycles. The van der Waals surface area contributed by atoms with Crippen molar-refractivity contribution in [2.45, 2.75) is 31.3 Å². The summed E-state index contributed by atoms with van der Waals surface area (Å²) in [5, 5.41) is 12.6. The van der Waals surface area contributed by atoms with Gasteiger partial charge in [-0.3, -0.25) is 14.2 Å². The number of benzene rings is 3. The molecule has 1 aromatic heterocycles. The number of aryl methyl sites for hydroxylation is 1. The maximum absolute atomic E-state index is 12.6. The Morgan fingerprint density at radius 1 is 0.944 bits per heavy atom. The van der Waals surface area contributed by atoms with Gasteiger partial charge in [0.15, 0.2) is 11.0 Å². The predicted molar refractivity (Wildman–Crippen MR) is 144 cm³/mol. The average molecular weight is 498 g/mol. The fraction of sp³-hybridized carbons (Fsp3) is 0.214. The second-order valence-electron chi connectivity index (χ2n) is 8.69. The van der Waals surface area contributed by atoms with E-state index in [1.54, 1.807) is 4.90 Å². The molecule has 0 atom stereocenters. The minimum Gasteiger partial charge on any atom is -0.326 e. The molecule has 0 unspecified atom stereocenters. The number of hydrogen-bond donors (Lipinski definition) is 1. The quantitative estimate of drug-likeness (QED) is 0.326. The van der Waals surface area contributed by atoms with Crippen molar-refractivity contribution in [2.24, 2.45) is 0 Å². The van der Waals surface area contributed by atoms with Crippen molar-refractivity contribution in [2.75, 3.05) is 22.5 Å². The van der Waals surface area contributed by atoms with E-state index in [2.05, 4.69) is 46.7 Å². The standard InChI is InChI=1S/C28H27N5O2S/c1-20-9-13-24(14-10-20)33-27(21-6-3-2-4-7-21)30-31-28(33)36-19-17-25(34)29-22-11-15-23(16-12-22)32-18-5-8-26(32)35/h2-4,6-7,9-16H,5,8,17-19H2,1H3,(H,29,34). The topological polar surface area (TPSA) is 80.1 Å². The molecule has 1 aliphatic heterocycles. The lowest BCUT2D eigenvalue weighted by atomic mass is 10.2. The second kappa shape index (κ2) is 10.8. The maximum Gasteiger partial charge on any atom is 0.227 e. The lowest BCUT2D eigenvalue weighted by molar-refractivity contribution is -0.117. The normalized spacial score (nSPS) is 13.2. The first-order valence-electron chi connectivity index (χ1n) is 12.0. The summed E-state index contributed by atoms with van der Waals surface area (Å²) in [4.78, 5) is 26.3. The highest BCUT2D eigenvalue weighted by Gasteiger charge is 2.21. The predicted octanol–water partition coefficient (Wildman–Crippen LogP) is 5.49. The molecule has 0 bridgehead atoms. The van der Waals surface area contributed by atoms with Gasteiger partial charge in [-0.1, -0.05) is 59.8 Å². The van der Waals surface area contributed by atoms with Crippen LogP contribution in [0.3, 0.4) is 0 Å². The number of carbonyl (C=O) groups is 2. The third-order valence-electron chi connectivity index (χ3n) is 6.05. The number of amides is 2. The van der Waals surface area contributed by atoms with Gasteiger partial charge in [0, 0.05) is 47.8 Å². The van der Waals surface area contributed by atoms with Crippen LogP contribution in [0.5, 0.6) is 0 Å². The summed E-state index contributed by atoms with van der Waals surface area (Å²) in [6.45, 7) is 2.81. The van der Waals surface area contributed by atoms with Crippen molar-refractivity contribution in [3.63, 3.8) is 0 Å². The number of nitrogens with one attached hydrogen (secondary N) is 1. The fourth-order valence-corrected chi connectivity index (χ4v) is 5.06.